The lowest BCUT2D eigenvalue weighted by Gasteiger charge is -2.26. The van der Waals surface area contributed by atoms with Gasteiger partial charge >= 0.3 is 0 Å². The Morgan fingerprint density at radius 2 is 2.12 bits per heavy atom. The third-order valence-electron chi connectivity index (χ3n) is 4.30. The normalized spacial score (nSPS) is 25.5. The van der Waals surface area contributed by atoms with Crippen molar-refractivity contribution in [1.29, 1.82) is 0 Å². The molecule has 1 heterocycles. The lowest BCUT2D eigenvalue weighted by atomic mass is 9.86. The zero-order valence-electron chi connectivity index (χ0n) is 10.8. The molecule has 0 saturated carbocycles. The molecule has 1 aromatic carbocycles. The van der Waals surface area contributed by atoms with Crippen LogP contribution in [0.5, 0.6) is 0 Å². The maximum atomic E-state index is 10.5. The largest absolute Gasteiger partial charge is 0.388 e. The zero-order valence-corrected chi connectivity index (χ0v) is 10.8. The molecule has 0 fully saturated rings. The molecule has 3 rings (SSSR count). The molecule has 92 valence electrons. The van der Waals surface area contributed by atoms with E-state index >= 15 is 0 Å². The highest BCUT2D eigenvalue weighted by Crippen LogP contribution is 2.48. The number of hydrogen-bond acceptors (Lipinski definition) is 2. The molecule has 0 bridgehead atoms. The Hall–Kier alpha value is -0.860. The third kappa shape index (κ3) is 1.54. The van der Waals surface area contributed by atoms with Gasteiger partial charge in [-0.2, -0.15) is 0 Å². The lowest BCUT2D eigenvalue weighted by molar-refractivity contribution is 0.0609. The molecule has 0 aromatic heterocycles. The smallest absolute Gasteiger partial charge is 0.0850 e. The second-order valence-electron chi connectivity index (χ2n) is 6.09. The molecule has 1 unspecified atom stereocenters. The number of rotatable bonds is 0. The van der Waals surface area contributed by atoms with E-state index in [0.29, 0.717) is 6.61 Å². The summed E-state index contributed by atoms with van der Waals surface area (Å²) in [6.45, 7) is 7.95. The monoisotopic (exact) mass is 232 g/mol. The van der Waals surface area contributed by atoms with Crippen LogP contribution in [-0.2, 0) is 24.2 Å². The van der Waals surface area contributed by atoms with Crippen molar-refractivity contribution in [3.05, 3.63) is 33.9 Å². The van der Waals surface area contributed by atoms with Crippen molar-refractivity contribution in [2.24, 2.45) is 5.41 Å². The first-order chi connectivity index (χ1) is 8.00. The highest BCUT2D eigenvalue weighted by atomic mass is 16.5. The van der Waals surface area contributed by atoms with Crippen LogP contribution >= 0.6 is 0 Å². The summed E-state index contributed by atoms with van der Waals surface area (Å²) in [6, 6.07) is 2.28. The van der Waals surface area contributed by atoms with Crippen LogP contribution in [0.2, 0.25) is 0 Å². The van der Waals surface area contributed by atoms with Crippen LogP contribution in [0.15, 0.2) is 6.07 Å². The molecule has 0 saturated heterocycles. The Kier molecular flexibility index (Phi) is 2.36. The van der Waals surface area contributed by atoms with Gasteiger partial charge in [0.2, 0.25) is 0 Å². The first-order valence-corrected chi connectivity index (χ1v) is 6.40. The Balaban J connectivity index is 2.22. The highest BCUT2D eigenvalue weighted by Gasteiger charge is 2.40. The maximum absolute atomic E-state index is 10.5. The summed E-state index contributed by atoms with van der Waals surface area (Å²) < 4.78 is 5.58. The van der Waals surface area contributed by atoms with Crippen molar-refractivity contribution >= 4 is 0 Å². The SMILES string of the molecule is Cc1cc2c(c3c1CCOC3)C(O)C(C)(C)C2. The number of aryl methyl sites for hydroxylation is 1. The van der Waals surface area contributed by atoms with Crippen molar-refractivity contribution in [3.63, 3.8) is 0 Å². The third-order valence-corrected chi connectivity index (χ3v) is 4.30. The van der Waals surface area contributed by atoms with Crippen LogP contribution in [-0.4, -0.2) is 11.7 Å². The summed E-state index contributed by atoms with van der Waals surface area (Å²) in [4.78, 5) is 0. The molecular weight excluding hydrogens is 212 g/mol. The number of fused-ring (bicyclic) bond motifs is 3. The van der Waals surface area contributed by atoms with Gasteiger partial charge in [0, 0.05) is 0 Å². The number of ether oxygens (including phenoxy) is 1. The second kappa shape index (κ2) is 3.56. The molecule has 2 aliphatic rings. The van der Waals surface area contributed by atoms with E-state index in [0.717, 1.165) is 25.0 Å². The second-order valence-corrected chi connectivity index (χ2v) is 6.09. The molecule has 2 nitrogen and oxygen atoms in total. The van der Waals surface area contributed by atoms with E-state index in [4.69, 9.17) is 4.74 Å². The predicted molar refractivity (Wildman–Crippen MR) is 67.0 cm³/mol. The predicted octanol–water partition coefficient (Wildman–Crippen LogP) is 2.68. The summed E-state index contributed by atoms with van der Waals surface area (Å²) >= 11 is 0. The van der Waals surface area contributed by atoms with E-state index in [9.17, 15) is 5.11 Å². The van der Waals surface area contributed by atoms with Crippen molar-refractivity contribution in [2.45, 2.75) is 46.3 Å². The molecule has 17 heavy (non-hydrogen) atoms. The van der Waals surface area contributed by atoms with Crippen molar-refractivity contribution in [3.8, 4) is 0 Å². The summed E-state index contributed by atoms with van der Waals surface area (Å²) in [7, 11) is 0. The molecule has 2 heteroatoms. The van der Waals surface area contributed by atoms with Crippen LogP contribution in [0.3, 0.4) is 0 Å². The topological polar surface area (TPSA) is 29.5 Å². The number of hydrogen-bond donors (Lipinski definition) is 1. The number of aliphatic hydroxyl groups is 1. The molecule has 1 aliphatic heterocycles. The molecule has 0 radical (unpaired) electrons. The van der Waals surface area contributed by atoms with Gasteiger partial charge in [0.1, 0.15) is 0 Å². The molecular formula is C15H20O2. The van der Waals surface area contributed by atoms with Gasteiger partial charge in [-0.05, 0) is 53.0 Å². The number of benzene rings is 1. The maximum Gasteiger partial charge on any atom is 0.0850 e. The fraction of sp³-hybridized carbons (Fsp3) is 0.600. The molecule has 0 spiro atoms. The van der Waals surface area contributed by atoms with Gasteiger partial charge < -0.3 is 9.84 Å². The van der Waals surface area contributed by atoms with Crippen LogP contribution in [0, 0.1) is 12.3 Å². The quantitative estimate of drug-likeness (QED) is 0.745. The standard InChI is InChI=1S/C15H20O2/c1-9-6-10-7-15(2,3)14(16)13(10)12-8-17-5-4-11(9)12/h6,14,16H,4-5,7-8H2,1-3H3. The van der Waals surface area contributed by atoms with Crippen molar-refractivity contribution in [1.82, 2.24) is 0 Å². The fourth-order valence-corrected chi connectivity index (χ4v) is 3.35. The van der Waals surface area contributed by atoms with E-state index in [2.05, 4.69) is 26.8 Å². The number of aliphatic hydroxyl groups excluding tert-OH is 1. The Bertz CT molecular complexity index is 474. The molecule has 1 aromatic rings. The Labute approximate surface area is 103 Å². The van der Waals surface area contributed by atoms with E-state index in [-0.39, 0.29) is 11.5 Å². The van der Waals surface area contributed by atoms with Crippen LogP contribution < -0.4 is 0 Å². The van der Waals surface area contributed by atoms with E-state index in [1.165, 1.54) is 22.3 Å². The van der Waals surface area contributed by atoms with E-state index in [1.54, 1.807) is 0 Å². The van der Waals surface area contributed by atoms with Gasteiger partial charge in [-0.1, -0.05) is 19.9 Å². The average molecular weight is 232 g/mol. The Morgan fingerprint density at radius 3 is 2.88 bits per heavy atom. The first-order valence-electron chi connectivity index (χ1n) is 6.40. The molecule has 1 aliphatic carbocycles. The zero-order chi connectivity index (χ0) is 12.2. The van der Waals surface area contributed by atoms with Gasteiger partial charge in [0.15, 0.2) is 0 Å². The van der Waals surface area contributed by atoms with Gasteiger partial charge in [-0.25, -0.2) is 0 Å². The Morgan fingerprint density at radius 1 is 1.35 bits per heavy atom. The van der Waals surface area contributed by atoms with E-state index in [1.807, 2.05) is 0 Å². The van der Waals surface area contributed by atoms with Crippen LogP contribution in [0.25, 0.3) is 0 Å². The lowest BCUT2D eigenvalue weighted by Crippen LogP contribution is -2.19. The molecule has 1 N–H and O–H groups in total. The highest BCUT2D eigenvalue weighted by molar-refractivity contribution is 5.50. The van der Waals surface area contributed by atoms with Gasteiger partial charge in [0.25, 0.3) is 0 Å². The average Bonchev–Trinajstić information content (AvgIpc) is 2.50. The summed E-state index contributed by atoms with van der Waals surface area (Å²) in [5, 5.41) is 10.5. The molecule has 1 atom stereocenters. The fourth-order valence-electron chi connectivity index (χ4n) is 3.35. The summed E-state index contributed by atoms with van der Waals surface area (Å²) in [5.41, 5.74) is 6.49. The minimum absolute atomic E-state index is 0.0403. The van der Waals surface area contributed by atoms with Gasteiger partial charge in [0.05, 0.1) is 19.3 Å². The first kappa shape index (κ1) is 11.2. The van der Waals surface area contributed by atoms with Gasteiger partial charge in [-0.3, -0.25) is 0 Å². The van der Waals surface area contributed by atoms with E-state index < -0.39 is 0 Å². The van der Waals surface area contributed by atoms with Crippen molar-refractivity contribution in [2.75, 3.05) is 6.61 Å². The van der Waals surface area contributed by atoms with Crippen molar-refractivity contribution < 1.29 is 9.84 Å². The minimum Gasteiger partial charge on any atom is -0.388 e. The minimum atomic E-state index is -0.339. The molecule has 0 amide bonds. The van der Waals surface area contributed by atoms with Crippen LogP contribution in [0.4, 0.5) is 0 Å². The van der Waals surface area contributed by atoms with Crippen LogP contribution in [0.1, 0.15) is 47.8 Å². The van der Waals surface area contributed by atoms with Gasteiger partial charge in [-0.15, -0.1) is 0 Å². The summed E-state index contributed by atoms with van der Waals surface area (Å²) in [5.74, 6) is 0. The summed E-state index contributed by atoms with van der Waals surface area (Å²) in [6.07, 6.45) is 1.62.